The van der Waals surface area contributed by atoms with Crippen molar-refractivity contribution in [3.05, 3.63) is 83.9 Å². The number of hydrogen-bond donors (Lipinski definition) is 2. The molecule has 3 aromatic carbocycles. The molecule has 0 amide bonds. The molecule has 0 aliphatic heterocycles. The van der Waals surface area contributed by atoms with Gasteiger partial charge in [-0.1, -0.05) is 72.8 Å². The van der Waals surface area contributed by atoms with Crippen molar-refractivity contribution in [3.63, 3.8) is 0 Å². The standard InChI is InChI=1S/C19H19NO3S/c21-19(18-12-6-10-16-9-4-5-11-17(16)18)13-20-24(22,23)14-15-7-2-1-3-8-15/h1-12,19-21H,13-14H2/t19-/m1/s1. The van der Waals surface area contributed by atoms with Gasteiger partial charge in [-0.25, -0.2) is 13.1 Å². The first kappa shape index (κ1) is 16.6. The van der Waals surface area contributed by atoms with Crippen LogP contribution in [0, 0.1) is 0 Å². The Hall–Kier alpha value is -2.21. The molecule has 0 aromatic heterocycles. The van der Waals surface area contributed by atoms with Gasteiger partial charge in [0.05, 0.1) is 11.9 Å². The maximum absolute atomic E-state index is 12.2. The second-order valence-corrected chi connectivity index (χ2v) is 7.48. The van der Waals surface area contributed by atoms with Gasteiger partial charge < -0.3 is 5.11 Å². The molecule has 0 fully saturated rings. The lowest BCUT2D eigenvalue weighted by Crippen LogP contribution is -2.29. The zero-order chi connectivity index (χ0) is 17.0. The van der Waals surface area contributed by atoms with Crippen molar-refractivity contribution < 1.29 is 13.5 Å². The number of fused-ring (bicyclic) bond motifs is 1. The fourth-order valence-corrected chi connectivity index (χ4v) is 3.85. The summed E-state index contributed by atoms with van der Waals surface area (Å²) in [7, 11) is -3.50. The Balaban J connectivity index is 1.71. The quantitative estimate of drug-likeness (QED) is 0.724. The lowest BCUT2D eigenvalue weighted by molar-refractivity contribution is 0.183. The number of aliphatic hydroxyl groups is 1. The summed E-state index contributed by atoms with van der Waals surface area (Å²) in [5.41, 5.74) is 1.43. The molecule has 4 nitrogen and oxygen atoms in total. The number of benzene rings is 3. The maximum atomic E-state index is 12.2. The molecule has 3 rings (SSSR count). The first-order valence-corrected chi connectivity index (χ1v) is 9.37. The van der Waals surface area contributed by atoms with E-state index < -0.39 is 16.1 Å². The van der Waals surface area contributed by atoms with Crippen molar-refractivity contribution in [3.8, 4) is 0 Å². The molecule has 0 bridgehead atoms. The second kappa shape index (κ2) is 7.13. The topological polar surface area (TPSA) is 66.4 Å². The van der Waals surface area contributed by atoms with Gasteiger partial charge in [0, 0.05) is 6.54 Å². The van der Waals surface area contributed by atoms with E-state index in [0.717, 1.165) is 16.3 Å². The molecule has 0 aliphatic carbocycles. The van der Waals surface area contributed by atoms with Crippen LogP contribution >= 0.6 is 0 Å². The zero-order valence-corrected chi connectivity index (χ0v) is 13.9. The molecule has 0 saturated heterocycles. The SMILES string of the molecule is O=S(=O)(Cc1ccccc1)NC[C@@H](O)c1cccc2ccccc12. The van der Waals surface area contributed by atoms with Crippen LogP contribution < -0.4 is 4.72 Å². The smallest absolute Gasteiger partial charge is 0.215 e. The minimum absolute atomic E-state index is 0.0524. The summed E-state index contributed by atoms with van der Waals surface area (Å²) in [6, 6.07) is 22.3. The number of nitrogens with one attached hydrogen (secondary N) is 1. The maximum Gasteiger partial charge on any atom is 0.215 e. The lowest BCUT2D eigenvalue weighted by atomic mass is 10.0. The Morgan fingerprint density at radius 1 is 0.875 bits per heavy atom. The largest absolute Gasteiger partial charge is 0.387 e. The minimum atomic E-state index is -3.50. The van der Waals surface area contributed by atoms with Crippen molar-refractivity contribution in [2.24, 2.45) is 0 Å². The van der Waals surface area contributed by atoms with Crippen LogP contribution in [0.4, 0.5) is 0 Å². The summed E-state index contributed by atoms with van der Waals surface area (Å²) in [4.78, 5) is 0. The van der Waals surface area contributed by atoms with Crippen LogP contribution in [0.25, 0.3) is 10.8 Å². The molecule has 0 aliphatic rings. The highest BCUT2D eigenvalue weighted by Crippen LogP contribution is 2.24. The monoisotopic (exact) mass is 341 g/mol. The van der Waals surface area contributed by atoms with E-state index >= 15 is 0 Å². The van der Waals surface area contributed by atoms with Gasteiger partial charge in [-0.15, -0.1) is 0 Å². The van der Waals surface area contributed by atoms with Crippen molar-refractivity contribution in [2.45, 2.75) is 11.9 Å². The van der Waals surface area contributed by atoms with Crippen LogP contribution in [0.2, 0.25) is 0 Å². The lowest BCUT2D eigenvalue weighted by Gasteiger charge is -2.15. The number of aliphatic hydroxyl groups excluding tert-OH is 1. The summed E-state index contributed by atoms with van der Waals surface area (Å²) in [5, 5.41) is 12.4. The van der Waals surface area contributed by atoms with E-state index in [1.807, 2.05) is 48.5 Å². The van der Waals surface area contributed by atoms with Gasteiger partial charge in [-0.05, 0) is 21.9 Å². The Kier molecular flexibility index (Phi) is 4.94. The fraction of sp³-hybridized carbons (Fsp3) is 0.158. The highest BCUT2D eigenvalue weighted by molar-refractivity contribution is 7.88. The first-order valence-electron chi connectivity index (χ1n) is 7.72. The number of hydrogen-bond acceptors (Lipinski definition) is 3. The van der Waals surface area contributed by atoms with E-state index in [2.05, 4.69) is 4.72 Å². The van der Waals surface area contributed by atoms with Crippen molar-refractivity contribution in [1.82, 2.24) is 4.72 Å². The average Bonchev–Trinajstić information content (AvgIpc) is 2.60. The van der Waals surface area contributed by atoms with Gasteiger partial charge >= 0.3 is 0 Å². The van der Waals surface area contributed by atoms with Crippen LogP contribution in [-0.4, -0.2) is 20.1 Å². The van der Waals surface area contributed by atoms with E-state index in [1.165, 1.54) is 0 Å². The molecule has 0 radical (unpaired) electrons. The first-order chi connectivity index (χ1) is 11.6. The van der Waals surface area contributed by atoms with Crippen molar-refractivity contribution >= 4 is 20.8 Å². The third kappa shape index (κ3) is 4.00. The minimum Gasteiger partial charge on any atom is -0.387 e. The van der Waals surface area contributed by atoms with Gasteiger partial charge in [-0.2, -0.15) is 0 Å². The summed E-state index contributed by atoms with van der Waals surface area (Å²) in [6.45, 7) is -0.0524. The van der Waals surface area contributed by atoms with Crippen LogP contribution in [0.1, 0.15) is 17.2 Å². The Morgan fingerprint density at radius 2 is 1.54 bits per heavy atom. The molecule has 0 heterocycles. The van der Waals surface area contributed by atoms with Crippen molar-refractivity contribution in [2.75, 3.05) is 6.54 Å². The van der Waals surface area contributed by atoms with Gasteiger partial charge in [0.15, 0.2) is 0 Å². The Morgan fingerprint density at radius 3 is 2.33 bits per heavy atom. The van der Waals surface area contributed by atoms with E-state index in [-0.39, 0.29) is 12.3 Å². The highest BCUT2D eigenvalue weighted by Gasteiger charge is 2.16. The molecule has 24 heavy (non-hydrogen) atoms. The van der Waals surface area contributed by atoms with E-state index in [4.69, 9.17) is 0 Å². The van der Waals surface area contributed by atoms with Crippen LogP contribution in [0.15, 0.2) is 72.8 Å². The fourth-order valence-electron chi connectivity index (χ4n) is 2.70. The number of rotatable bonds is 6. The van der Waals surface area contributed by atoms with Gasteiger partial charge in [0.25, 0.3) is 0 Å². The summed E-state index contributed by atoms with van der Waals surface area (Å²) < 4.78 is 26.8. The van der Waals surface area contributed by atoms with E-state index in [1.54, 1.807) is 24.3 Å². The second-order valence-electron chi connectivity index (χ2n) is 5.68. The summed E-state index contributed by atoms with van der Waals surface area (Å²) in [6.07, 6.45) is -0.901. The molecule has 1 atom stereocenters. The number of sulfonamides is 1. The van der Waals surface area contributed by atoms with Gasteiger partial charge in [0.1, 0.15) is 0 Å². The Bertz CT molecular complexity index is 918. The molecule has 3 aromatic rings. The molecule has 0 saturated carbocycles. The molecule has 0 spiro atoms. The third-order valence-electron chi connectivity index (χ3n) is 3.88. The van der Waals surface area contributed by atoms with Gasteiger partial charge in [-0.3, -0.25) is 0 Å². The summed E-state index contributed by atoms with van der Waals surface area (Å²) >= 11 is 0. The molecular formula is C19H19NO3S. The molecular weight excluding hydrogens is 322 g/mol. The molecule has 2 N–H and O–H groups in total. The zero-order valence-electron chi connectivity index (χ0n) is 13.1. The van der Waals surface area contributed by atoms with Crippen LogP contribution in [0.5, 0.6) is 0 Å². The van der Waals surface area contributed by atoms with Gasteiger partial charge in [0.2, 0.25) is 10.0 Å². The van der Waals surface area contributed by atoms with Crippen LogP contribution in [0.3, 0.4) is 0 Å². The highest BCUT2D eigenvalue weighted by atomic mass is 32.2. The molecule has 0 unspecified atom stereocenters. The third-order valence-corrected chi connectivity index (χ3v) is 5.20. The predicted molar refractivity (Wildman–Crippen MR) is 96.0 cm³/mol. The van der Waals surface area contributed by atoms with Crippen molar-refractivity contribution in [1.29, 1.82) is 0 Å². The Labute approximate surface area is 141 Å². The van der Waals surface area contributed by atoms with E-state index in [0.29, 0.717) is 5.56 Å². The molecule has 124 valence electrons. The van der Waals surface area contributed by atoms with Crippen LogP contribution in [-0.2, 0) is 15.8 Å². The van der Waals surface area contributed by atoms with E-state index in [9.17, 15) is 13.5 Å². The predicted octanol–water partition coefficient (Wildman–Crippen LogP) is 2.99. The normalized spacial score (nSPS) is 13.0. The molecule has 5 heteroatoms. The average molecular weight is 341 g/mol. The summed E-state index contributed by atoms with van der Waals surface area (Å²) in [5.74, 6) is -0.101.